The average Bonchev–Trinajstić information content (AvgIpc) is 2.90. The first-order chi connectivity index (χ1) is 18.5. The van der Waals surface area contributed by atoms with Gasteiger partial charge in [-0.05, 0) is 60.9 Å². The number of hydrogen-bond acceptors (Lipinski definition) is 4. The maximum absolute atomic E-state index is 14.0. The van der Waals surface area contributed by atoms with Crippen LogP contribution in [0.4, 0.5) is 5.69 Å². The first-order valence-electron chi connectivity index (χ1n) is 12.6. The fourth-order valence-corrected chi connectivity index (χ4v) is 5.38. The van der Waals surface area contributed by atoms with Crippen LogP contribution >= 0.6 is 31.9 Å². The molecular weight excluding hydrogens is 646 g/mol. The van der Waals surface area contributed by atoms with Crippen LogP contribution < -0.4 is 9.62 Å². The Labute approximate surface area is 247 Å². The Morgan fingerprint density at radius 2 is 1.44 bits per heavy atom. The van der Waals surface area contributed by atoms with Gasteiger partial charge in [-0.2, -0.15) is 0 Å². The molecular formula is C29H33Br2N3O4S. The van der Waals surface area contributed by atoms with Crippen molar-refractivity contribution in [3.05, 3.63) is 98.9 Å². The van der Waals surface area contributed by atoms with Crippen LogP contribution in [0.15, 0.2) is 87.8 Å². The van der Waals surface area contributed by atoms with Gasteiger partial charge in [0.15, 0.2) is 0 Å². The fraction of sp³-hybridized carbons (Fsp3) is 0.310. The zero-order chi connectivity index (χ0) is 28.6. The number of benzene rings is 3. The van der Waals surface area contributed by atoms with Crippen LogP contribution in [0.1, 0.15) is 31.4 Å². The molecule has 3 aromatic rings. The molecule has 1 N–H and O–H groups in total. The van der Waals surface area contributed by atoms with Crippen molar-refractivity contribution in [2.45, 2.75) is 45.3 Å². The highest BCUT2D eigenvalue weighted by molar-refractivity contribution is 9.10. The largest absolute Gasteiger partial charge is 0.352 e. The molecule has 0 fully saturated rings. The molecule has 2 amide bonds. The van der Waals surface area contributed by atoms with Crippen molar-refractivity contribution in [2.75, 3.05) is 17.1 Å². The summed E-state index contributed by atoms with van der Waals surface area (Å²) in [6, 6.07) is 22.7. The fourth-order valence-electron chi connectivity index (χ4n) is 4.00. The molecule has 0 saturated heterocycles. The molecule has 3 rings (SSSR count). The molecule has 0 radical (unpaired) electrons. The molecule has 7 nitrogen and oxygen atoms in total. The lowest BCUT2D eigenvalue weighted by Crippen LogP contribution is -2.54. The minimum absolute atomic E-state index is 0.0873. The zero-order valence-electron chi connectivity index (χ0n) is 22.2. The summed E-state index contributed by atoms with van der Waals surface area (Å²) in [7, 11) is -3.80. The topological polar surface area (TPSA) is 86.8 Å². The van der Waals surface area contributed by atoms with E-state index in [1.54, 1.807) is 24.3 Å². The summed E-state index contributed by atoms with van der Waals surface area (Å²) < 4.78 is 28.4. The number of rotatable bonds is 12. The number of hydrogen-bond donors (Lipinski definition) is 1. The Hall–Kier alpha value is -2.69. The highest BCUT2D eigenvalue weighted by Crippen LogP contribution is 2.23. The van der Waals surface area contributed by atoms with Crippen LogP contribution in [0.2, 0.25) is 0 Å². The lowest BCUT2D eigenvalue weighted by atomic mass is 10.0. The molecule has 2 unspecified atom stereocenters. The minimum atomic E-state index is -3.80. The van der Waals surface area contributed by atoms with E-state index >= 15 is 0 Å². The third-order valence-corrected chi connectivity index (χ3v) is 8.53. The zero-order valence-corrected chi connectivity index (χ0v) is 26.2. The van der Waals surface area contributed by atoms with Crippen LogP contribution in [0.25, 0.3) is 0 Å². The number of nitrogens with one attached hydrogen (secondary N) is 1. The van der Waals surface area contributed by atoms with Crippen molar-refractivity contribution in [3.63, 3.8) is 0 Å². The molecule has 2 atom stereocenters. The summed E-state index contributed by atoms with van der Waals surface area (Å²) in [5.74, 6) is -0.764. The second-order valence-electron chi connectivity index (χ2n) is 9.42. The van der Waals surface area contributed by atoms with Gasteiger partial charge in [-0.3, -0.25) is 13.9 Å². The van der Waals surface area contributed by atoms with Gasteiger partial charge in [-0.25, -0.2) is 8.42 Å². The van der Waals surface area contributed by atoms with Crippen LogP contribution in [-0.4, -0.2) is 50.0 Å². The molecule has 0 bridgehead atoms. The summed E-state index contributed by atoms with van der Waals surface area (Å²) in [6.07, 6.45) is 2.08. The predicted octanol–water partition coefficient (Wildman–Crippen LogP) is 5.53. The summed E-state index contributed by atoms with van der Waals surface area (Å²) in [4.78, 5) is 29.2. The molecule has 0 aromatic heterocycles. The van der Waals surface area contributed by atoms with Crippen LogP contribution in [-0.2, 0) is 32.6 Å². The standard InChI is InChI=1S/C29H33Br2N3O4S/c1-4-21(2)32-29(36)27(18-22-8-6-5-7-9-22)33(19-23-10-12-24(30)13-11-23)28(35)20-34(39(3,37)38)26-16-14-25(31)15-17-26/h5-17,21,27H,4,18-20H2,1-3H3,(H,32,36). The first-order valence-corrected chi connectivity index (χ1v) is 16.0. The minimum Gasteiger partial charge on any atom is -0.352 e. The van der Waals surface area contributed by atoms with Crippen molar-refractivity contribution < 1.29 is 18.0 Å². The second-order valence-corrected chi connectivity index (χ2v) is 13.2. The Kier molecular flexibility index (Phi) is 11.1. The molecule has 10 heteroatoms. The first kappa shape index (κ1) is 30.8. The lowest BCUT2D eigenvalue weighted by Gasteiger charge is -2.34. The highest BCUT2D eigenvalue weighted by atomic mass is 79.9. The molecule has 208 valence electrons. The van der Waals surface area contributed by atoms with E-state index in [9.17, 15) is 18.0 Å². The third kappa shape index (κ3) is 9.19. The number of carbonyl (C=O) groups is 2. The molecule has 0 saturated carbocycles. The normalized spacial score (nSPS) is 12.8. The molecule has 0 aliphatic carbocycles. The molecule has 0 aliphatic rings. The second kappa shape index (κ2) is 14.1. The van der Waals surface area contributed by atoms with E-state index in [2.05, 4.69) is 37.2 Å². The predicted molar refractivity (Wildman–Crippen MR) is 163 cm³/mol. The van der Waals surface area contributed by atoms with Crippen molar-refractivity contribution in [2.24, 2.45) is 0 Å². The maximum atomic E-state index is 14.0. The Morgan fingerprint density at radius 1 is 0.872 bits per heavy atom. The van der Waals surface area contributed by atoms with E-state index in [0.717, 1.165) is 37.1 Å². The van der Waals surface area contributed by atoms with Gasteiger partial charge >= 0.3 is 0 Å². The Bertz CT molecular complexity index is 1350. The lowest BCUT2D eigenvalue weighted by molar-refractivity contribution is -0.140. The van der Waals surface area contributed by atoms with Gasteiger partial charge in [0.2, 0.25) is 21.8 Å². The summed E-state index contributed by atoms with van der Waals surface area (Å²) in [5, 5.41) is 3.02. The summed E-state index contributed by atoms with van der Waals surface area (Å²) in [6.45, 7) is 3.58. The maximum Gasteiger partial charge on any atom is 0.244 e. The Morgan fingerprint density at radius 3 is 1.97 bits per heavy atom. The average molecular weight is 679 g/mol. The number of halogens is 2. The smallest absolute Gasteiger partial charge is 0.244 e. The van der Waals surface area contributed by atoms with E-state index in [1.807, 2.05) is 68.4 Å². The van der Waals surface area contributed by atoms with E-state index < -0.39 is 28.5 Å². The molecule has 0 spiro atoms. The van der Waals surface area contributed by atoms with Crippen molar-refractivity contribution in [1.29, 1.82) is 0 Å². The summed E-state index contributed by atoms with van der Waals surface area (Å²) in [5.41, 5.74) is 2.07. The molecule has 39 heavy (non-hydrogen) atoms. The number of carbonyl (C=O) groups excluding carboxylic acids is 2. The van der Waals surface area contributed by atoms with Gasteiger partial charge in [0.1, 0.15) is 12.6 Å². The highest BCUT2D eigenvalue weighted by Gasteiger charge is 2.33. The van der Waals surface area contributed by atoms with Crippen LogP contribution in [0.3, 0.4) is 0 Å². The van der Waals surface area contributed by atoms with E-state index in [-0.39, 0.29) is 24.9 Å². The SMILES string of the molecule is CCC(C)NC(=O)C(Cc1ccccc1)N(Cc1ccc(Br)cc1)C(=O)CN(c1ccc(Br)cc1)S(C)(=O)=O. The molecule has 3 aromatic carbocycles. The van der Waals surface area contributed by atoms with Gasteiger partial charge in [0.25, 0.3) is 0 Å². The van der Waals surface area contributed by atoms with Crippen molar-refractivity contribution >= 4 is 59.4 Å². The van der Waals surface area contributed by atoms with E-state index in [4.69, 9.17) is 0 Å². The number of nitrogens with zero attached hydrogens (tertiary/aromatic N) is 2. The summed E-state index contributed by atoms with van der Waals surface area (Å²) >= 11 is 6.80. The van der Waals surface area contributed by atoms with Gasteiger partial charge in [0.05, 0.1) is 11.9 Å². The van der Waals surface area contributed by atoms with Gasteiger partial charge in [0, 0.05) is 28.0 Å². The third-order valence-electron chi connectivity index (χ3n) is 6.33. The number of sulfonamides is 1. The van der Waals surface area contributed by atoms with Crippen LogP contribution in [0, 0.1) is 0 Å². The van der Waals surface area contributed by atoms with E-state index in [0.29, 0.717) is 5.69 Å². The molecule has 0 aliphatic heterocycles. The number of anilines is 1. The Balaban J connectivity index is 2.04. The van der Waals surface area contributed by atoms with Crippen molar-refractivity contribution in [3.8, 4) is 0 Å². The van der Waals surface area contributed by atoms with Crippen LogP contribution in [0.5, 0.6) is 0 Å². The van der Waals surface area contributed by atoms with Gasteiger partial charge in [-0.1, -0.05) is 81.2 Å². The number of amides is 2. The monoisotopic (exact) mass is 677 g/mol. The van der Waals surface area contributed by atoms with Gasteiger partial charge < -0.3 is 10.2 Å². The quantitative estimate of drug-likeness (QED) is 0.273. The van der Waals surface area contributed by atoms with Gasteiger partial charge in [-0.15, -0.1) is 0 Å². The molecule has 0 heterocycles. The van der Waals surface area contributed by atoms with Crippen molar-refractivity contribution in [1.82, 2.24) is 10.2 Å². The van der Waals surface area contributed by atoms with E-state index in [1.165, 1.54) is 4.90 Å².